The molecule has 0 aromatic heterocycles. The van der Waals surface area contributed by atoms with E-state index >= 15 is 0 Å². The van der Waals surface area contributed by atoms with Crippen molar-refractivity contribution in [3.8, 4) is 5.75 Å². The lowest BCUT2D eigenvalue weighted by Gasteiger charge is -2.11. The second-order valence-corrected chi connectivity index (χ2v) is 4.95. The Balaban J connectivity index is 2.42. The van der Waals surface area contributed by atoms with Crippen LogP contribution in [0.5, 0.6) is 5.75 Å². The Hall–Kier alpha value is -3.42. The third kappa shape index (κ3) is 3.49. The predicted octanol–water partition coefficient (Wildman–Crippen LogP) is 2.86. The van der Waals surface area contributed by atoms with Crippen LogP contribution >= 0.6 is 0 Å². The van der Waals surface area contributed by atoms with E-state index in [-0.39, 0.29) is 28.3 Å². The van der Waals surface area contributed by atoms with Crippen LogP contribution in [-0.4, -0.2) is 29.0 Å². The number of carbonyl (C=O) groups excluding carboxylic acids is 1. The number of rotatable bonds is 5. The third-order valence-electron chi connectivity index (χ3n) is 3.29. The molecule has 0 atom stereocenters. The number of nitro benzene ring substituents is 1. The fourth-order valence-electron chi connectivity index (χ4n) is 2.12. The Kier molecular flexibility index (Phi) is 4.78. The van der Waals surface area contributed by atoms with Crippen molar-refractivity contribution in [3.63, 3.8) is 0 Å². The van der Waals surface area contributed by atoms with Crippen molar-refractivity contribution in [1.82, 2.24) is 0 Å². The minimum atomic E-state index is -1.19. The summed E-state index contributed by atoms with van der Waals surface area (Å²) in [5.41, 5.74) is 0.393. The largest absolute Gasteiger partial charge is 0.496 e. The SMILES string of the molecule is COc1ccc([N+](=O)[O-])cc1C(=O)Nc1ccc(C)cc1C(=O)O. The second kappa shape index (κ2) is 6.78. The normalized spacial score (nSPS) is 10.1. The predicted molar refractivity (Wildman–Crippen MR) is 85.7 cm³/mol. The molecule has 1 amide bonds. The van der Waals surface area contributed by atoms with Crippen LogP contribution in [0.2, 0.25) is 0 Å². The Morgan fingerprint density at radius 2 is 1.88 bits per heavy atom. The van der Waals surface area contributed by atoms with E-state index in [0.29, 0.717) is 0 Å². The summed E-state index contributed by atoms with van der Waals surface area (Å²) in [6, 6.07) is 8.11. The number of nitrogens with one attached hydrogen (secondary N) is 1. The zero-order valence-electron chi connectivity index (χ0n) is 12.9. The highest BCUT2D eigenvalue weighted by Gasteiger charge is 2.19. The number of nitrogens with zero attached hydrogens (tertiary/aromatic N) is 1. The lowest BCUT2D eigenvalue weighted by atomic mass is 10.1. The van der Waals surface area contributed by atoms with E-state index in [1.165, 1.54) is 31.4 Å². The first-order chi connectivity index (χ1) is 11.3. The van der Waals surface area contributed by atoms with E-state index in [9.17, 15) is 24.8 Å². The molecule has 2 aromatic rings. The summed E-state index contributed by atoms with van der Waals surface area (Å²) >= 11 is 0. The molecule has 0 aliphatic heterocycles. The molecule has 2 rings (SSSR count). The molecule has 0 aliphatic rings. The molecule has 0 radical (unpaired) electrons. The van der Waals surface area contributed by atoms with E-state index in [0.717, 1.165) is 11.6 Å². The maximum atomic E-state index is 12.4. The number of hydrogen-bond acceptors (Lipinski definition) is 5. The molecule has 0 saturated carbocycles. The lowest BCUT2D eigenvalue weighted by molar-refractivity contribution is -0.384. The van der Waals surface area contributed by atoms with Gasteiger partial charge in [0.15, 0.2) is 0 Å². The van der Waals surface area contributed by atoms with Crippen LogP contribution in [0.25, 0.3) is 0 Å². The van der Waals surface area contributed by atoms with Gasteiger partial charge in [-0.2, -0.15) is 0 Å². The van der Waals surface area contributed by atoms with E-state index in [4.69, 9.17) is 4.74 Å². The first-order valence-electron chi connectivity index (χ1n) is 6.81. The zero-order chi connectivity index (χ0) is 17.9. The molecular formula is C16H14N2O6. The van der Waals surface area contributed by atoms with Gasteiger partial charge in [-0.25, -0.2) is 4.79 Å². The van der Waals surface area contributed by atoms with Crippen LogP contribution in [0, 0.1) is 17.0 Å². The summed E-state index contributed by atoms with van der Waals surface area (Å²) < 4.78 is 5.04. The van der Waals surface area contributed by atoms with Gasteiger partial charge in [-0.05, 0) is 25.1 Å². The third-order valence-corrected chi connectivity index (χ3v) is 3.29. The number of anilines is 1. The van der Waals surface area contributed by atoms with Gasteiger partial charge < -0.3 is 15.2 Å². The molecular weight excluding hydrogens is 316 g/mol. The van der Waals surface area contributed by atoms with Crippen LogP contribution in [0.3, 0.4) is 0 Å². The molecule has 2 aromatic carbocycles. The molecule has 0 aliphatic carbocycles. The average molecular weight is 330 g/mol. The number of carboxylic acids is 1. The molecule has 8 heteroatoms. The van der Waals surface area contributed by atoms with Gasteiger partial charge in [0.25, 0.3) is 11.6 Å². The minimum Gasteiger partial charge on any atom is -0.496 e. The zero-order valence-corrected chi connectivity index (χ0v) is 12.9. The summed E-state index contributed by atoms with van der Waals surface area (Å²) in [5, 5.41) is 22.5. The Bertz CT molecular complexity index is 831. The monoisotopic (exact) mass is 330 g/mol. The minimum absolute atomic E-state index is 0.0661. The Morgan fingerprint density at radius 3 is 2.46 bits per heavy atom. The van der Waals surface area contributed by atoms with Crippen LogP contribution in [0.4, 0.5) is 11.4 Å². The number of amides is 1. The number of methoxy groups -OCH3 is 1. The quantitative estimate of drug-likeness (QED) is 0.642. The Morgan fingerprint density at radius 1 is 1.17 bits per heavy atom. The maximum absolute atomic E-state index is 12.4. The highest BCUT2D eigenvalue weighted by atomic mass is 16.6. The van der Waals surface area contributed by atoms with Crippen molar-refractivity contribution in [1.29, 1.82) is 0 Å². The smallest absolute Gasteiger partial charge is 0.337 e. The number of benzene rings is 2. The van der Waals surface area contributed by atoms with Crippen molar-refractivity contribution in [3.05, 3.63) is 63.2 Å². The summed E-state index contributed by atoms with van der Waals surface area (Å²) in [7, 11) is 1.33. The van der Waals surface area contributed by atoms with Gasteiger partial charge in [0.1, 0.15) is 5.75 Å². The first kappa shape index (κ1) is 16.9. The average Bonchev–Trinajstić information content (AvgIpc) is 2.55. The van der Waals surface area contributed by atoms with Gasteiger partial charge >= 0.3 is 5.97 Å². The van der Waals surface area contributed by atoms with Crippen LogP contribution < -0.4 is 10.1 Å². The van der Waals surface area contributed by atoms with Crippen molar-refractivity contribution in [2.24, 2.45) is 0 Å². The molecule has 0 saturated heterocycles. The van der Waals surface area contributed by atoms with E-state index in [1.54, 1.807) is 13.0 Å². The molecule has 0 fully saturated rings. The number of carboxylic acid groups (broad SMARTS) is 1. The van der Waals surface area contributed by atoms with Crippen LogP contribution in [0.15, 0.2) is 36.4 Å². The van der Waals surface area contributed by atoms with E-state index < -0.39 is 16.8 Å². The number of carbonyl (C=O) groups is 2. The van der Waals surface area contributed by atoms with Gasteiger partial charge in [-0.3, -0.25) is 14.9 Å². The highest BCUT2D eigenvalue weighted by Crippen LogP contribution is 2.26. The number of hydrogen-bond donors (Lipinski definition) is 2. The molecule has 0 unspecified atom stereocenters. The van der Waals surface area contributed by atoms with Gasteiger partial charge in [-0.1, -0.05) is 11.6 Å². The summed E-state index contributed by atoms with van der Waals surface area (Å²) in [6.07, 6.45) is 0. The van der Waals surface area contributed by atoms with Crippen LogP contribution in [-0.2, 0) is 0 Å². The van der Waals surface area contributed by atoms with E-state index in [2.05, 4.69) is 5.32 Å². The van der Waals surface area contributed by atoms with Crippen molar-refractivity contribution >= 4 is 23.3 Å². The maximum Gasteiger partial charge on any atom is 0.337 e. The van der Waals surface area contributed by atoms with Crippen molar-refractivity contribution in [2.45, 2.75) is 6.92 Å². The van der Waals surface area contributed by atoms with E-state index in [1.807, 2.05) is 0 Å². The summed E-state index contributed by atoms with van der Waals surface area (Å²) in [6.45, 7) is 1.72. The summed E-state index contributed by atoms with van der Waals surface area (Å²) in [5.74, 6) is -1.76. The standard InChI is InChI=1S/C16H14N2O6/c1-9-3-5-13(11(7-9)16(20)21)17-15(19)12-8-10(18(22)23)4-6-14(12)24-2/h3-8H,1-2H3,(H,17,19)(H,20,21). The fraction of sp³-hybridized carbons (Fsp3) is 0.125. The number of non-ortho nitro benzene ring substituents is 1. The van der Waals surface area contributed by atoms with Gasteiger partial charge in [0, 0.05) is 12.1 Å². The fourth-order valence-corrected chi connectivity index (χ4v) is 2.12. The number of aromatic carboxylic acids is 1. The number of ether oxygens (including phenoxy) is 1. The molecule has 124 valence electrons. The Labute approximate surface area is 136 Å². The topological polar surface area (TPSA) is 119 Å². The first-order valence-corrected chi connectivity index (χ1v) is 6.81. The molecule has 0 spiro atoms. The second-order valence-electron chi connectivity index (χ2n) is 4.95. The number of aryl methyl sites for hydroxylation is 1. The molecule has 2 N–H and O–H groups in total. The molecule has 24 heavy (non-hydrogen) atoms. The molecule has 8 nitrogen and oxygen atoms in total. The van der Waals surface area contributed by atoms with Gasteiger partial charge in [0.2, 0.25) is 0 Å². The molecule has 0 heterocycles. The number of nitro groups is 1. The lowest BCUT2D eigenvalue weighted by Crippen LogP contribution is -2.16. The highest BCUT2D eigenvalue weighted by molar-refractivity contribution is 6.09. The van der Waals surface area contributed by atoms with Crippen molar-refractivity contribution in [2.75, 3.05) is 12.4 Å². The van der Waals surface area contributed by atoms with Gasteiger partial charge in [-0.15, -0.1) is 0 Å². The summed E-state index contributed by atoms with van der Waals surface area (Å²) in [4.78, 5) is 34.0. The van der Waals surface area contributed by atoms with Gasteiger partial charge in [0.05, 0.1) is 28.8 Å². The van der Waals surface area contributed by atoms with Crippen LogP contribution in [0.1, 0.15) is 26.3 Å². The molecule has 0 bridgehead atoms. The van der Waals surface area contributed by atoms with Crippen molar-refractivity contribution < 1.29 is 24.4 Å².